The summed E-state index contributed by atoms with van der Waals surface area (Å²) in [4.78, 5) is 39.1. The number of nitrogens with zero attached hydrogens (tertiary/aromatic N) is 1. The Morgan fingerprint density at radius 3 is 2.59 bits per heavy atom. The van der Waals surface area contributed by atoms with E-state index in [-0.39, 0.29) is 30.3 Å². The number of sulfone groups is 1. The van der Waals surface area contributed by atoms with Gasteiger partial charge in [-0.05, 0) is 32.6 Å². The third-order valence-corrected chi connectivity index (χ3v) is 9.35. The van der Waals surface area contributed by atoms with Gasteiger partial charge < -0.3 is 20.3 Å². The lowest BCUT2D eigenvalue weighted by molar-refractivity contribution is -0.150. The normalized spacial score (nSPS) is 31.5. The molecule has 3 amide bonds. The maximum atomic E-state index is 13.1. The molecule has 3 fully saturated rings. The zero-order valence-corrected chi connectivity index (χ0v) is 18.3. The summed E-state index contributed by atoms with van der Waals surface area (Å²) in [5.74, 6) is -1.44. The maximum Gasteiger partial charge on any atom is 0.245 e. The molecule has 3 aliphatic rings. The molecule has 0 aromatic carbocycles. The first kappa shape index (κ1) is 22.0. The molecule has 0 spiro atoms. The van der Waals surface area contributed by atoms with Crippen LogP contribution >= 0.6 is 0 Å². The van der Waals surface area contributed by atoms with Crippen LogP contribution in [0.5, 0.6) is 0 Å². The van der Waals surface area contributed by atoms with Crippen molar-refractivity contribution in [3.05, 3.63) is 0 Å². The van der Waals surface area contributed by atoms with Gasteiger partial charge in [-0.25, -0.2) is 8.42 Å². The van der Waals surface area contributed by atoms with Crippen molar-refractivity contribution in [3.63, 3.8) is 0 Å². The van der Waals surface area contributed by atoms with Gasteiger partial charge in [0.1, 0.15) is 17.5 Å². The molecule has 0 aliphatic carbocycles. The van der Waals surface area contributed by atoms with Crippen molar-refractivity contribution in [2.75, 3.05) is 13.2 Å². The van der Waals surface area contributed by atoms with Crippen molar-refractivity contribution in [2.24, 2.45) is 5.92 Å². The van der Waals surface area contributed by atoms with Gasteiger partial charge in [0.15, 0.2) is 9.84 Å². The molecule has 3 rings (SSSR count). The van der Waals surface area contributed by atoms with E-state index >= 15 is 0 Å². The highest BCUT2D eigenvalue weighted by Gasteiger charge is 2.67. The number of hydrogen-bond acceptors (Lipinski definition) is 6. The van der Waals surface area contributed by atoms with E-state index < -0.39 is 37.9 Å². The molecule has 5 unspecified atom stereocenters. The summed E-state index contributed by atoms with van der Waals surface area (Å²) in [5, 5.41) is 4.62. The second-order valence-electron chi connectivity index (χ2n) is 8.76. The number of amides is 3. The number of hydrogen-bond donors (Lipinski definition) is 2. The van der Waals surface area contributed by atoms with Gasteiger partial charge in [-0.3, -0.25) is 14.4 Å². The highest BCUT2D eigenvalue weighted by atomic mass is 32.2. The minimum absolute atomic E-state index is 0.0226. The van der Waals surface area contributed by atoms with Crippen molar-refractivity contribution in [1.82, 2.24) is 15.5 Å². The van der Waals surface area contributed by atoms with Gasteiger partial charge in [-0.2, -0.15) is 0 Å². The molecule has 5 atom stereocenters. The van der Waals surface area contributed by atoms with E-state index in [9.17, 15) is 22.8 Å². The molecule has 29 heavy (non-hydrogen) atoms. The quantitative estimate of drug-likeness (QED) is 0.547. The molecule has 0 radical (unpaired) electrons. The van der Waals surface area contributed by atoms with Crippen LogP contribution in [0, 0.1) is 5.92 Å². The van der Waals surface area contributed by atoms with E-state index in [1.165, 1.54) is 13.8 Å². The first-order valence-electron chi connectivity index (χ1n) is 10.3. The summed E-state index contributed by atoms with van der Waals surface area (Å²) < 4.78 is 29.6. The van der Waals surface area contributed by atoms with Crippen molar-refractivity contribution in [2.45, 2.75) is 81.7 Å². The lowest BCUT2D eigenvalue weighted by atomic mass is 9.94. The van der Waals surface area contributed by atoms with E-state index in [4.69, 9.17) is 4.74 Å². The topological polar surface area (TPSA) is 122 Å². The Morgan fingerprint density at radius 1 is 1.34 bits per heavy atom. The zero-order valence-electron chi connectivity index (χ0n) is 17.4. The predicted molar refractivity (Wildman–Crippen MR) is 105 cm³/mol. The maximum absolute atomic E-state index is 13.1. The van der Waals surface area contributed by atoms with Gasteiger partial charge in [0, 0.05) is 13.2 Å². The molecule has 3 heterocycles. The van der Waals surface area contributed by atoms with Crippen molar-refractivity contribution < 1.29 is 27.5 Å². The van der Waals surface area contributed by atoms with Crippen LogP contribution < -0.4 is 10.6 Å². The highest BCUT2D eigenvalue weighted by Crippen LogP contribution is 2.45. The second kappa shape index (κ2) is 7.86. The lowest BCUT2D eigenvalue weighted by Crippen LogP contribution is -2.62. The fourth-order valence-electron chi connectivity index (χ4n) is 4.32. The molecule has 164 valence electrons. The SMILES string of the molecule is CCC(C)C(NC(=O)C1N2C(=O)CC2S(=O)(=O)C1(C)C)C(=O)NCC1CCCO1. The monoisotopic (exact) mass is 429 g/mol. The van der Waals surface area contributed by atoms with Crippen LogP contribution in [0.1, 0.15) is 53.4 Å². The van der Waals surface area contributed by atoms with Crippen molar-refractivity contribution >= 4 is 27.6 Å². The van der Waals surface area contributed by atoms with E-state index in [0.717, 1.165) is 17.7 Å². The number of rotatable bonds is 7. The standard InChI is InChI=1S/C19H31N3O6S/c1-5-11(2)15(17(24)20-10-12-7-6-8-28-12)21-18(25)16-19(3,4)29(26,27)14-9-13(23)22(14)16/h11-12,14-16H,5-10H2,1-4H3,(H,20,24)(H,21,25). The van der Waals surface area contributed by atoms with Gasteiger partial charge in [0.2, 0.25) is 17.7 Å². The smallest absolute Gasteiger partial charge is 0.245 e. The number of ether oxygens (including phenoxy) is 1. The Balaban J connectivity index is 1.74. The molecule has 0 bridgehead atoms. The van der Waals surface area contributed by atoms with Crippen LogP contribution in [0.25, 0.3) is 0 Å². The Bertz CT molecular complexity index is 790. The molecule has 2 N–H and O–H groups in total. The number of carbonyl (C=O) groups excluding carboxylic acids is 3. The van der Waals surface area contributed by atoms with Crippen LogP contribution in [0.15, 0.2) is 0 Å². The van der Waals surface area contributed by atoms with Crippen LogP contribution in [0.4, 0.5) is 0 Å². The van der Waals surface area contributed by atoms with Gasteiger partial charge in [0.25, 0.3) is 0 Å². The summed E-state index contributed by atoms with van der Waals surface area (Å²) in [7, 11) is -3.67. The highest BCUT2D eigenvalue weighted by molar-refractivity contribution is 7.93. The number of β-lactam (4-membered cyclic amide) rings is 1. The number of carbonyl (C=O) groups is 3. The van der Waals surface area contributed by atoms with Gasteiger partial charge in [-0.15, -0.1) is 0 Å². The summed E-state index contributed by atoms with van der Waals surface area (Å²) in [6, 6.07) is -1.96. The lowest BCUT2D eigenvalue weighted by Gasteiger charge is -2.37. The number of nitrogens with one attached hydrogen (secondary N) is 2. The van der Waals surface area contributed by atoms with Crippen molar-refractivity contribution in [1.29, 1.82) is 0 Å². The Kier molecular flexibility index (Phi) is 5.97. The Morgan fingerprint density at radius 2 is 2.03 bits per heavy atom. The summed E-state index contributed by atoms with van der Waals surface area (Å²) in [6.45, 7) is 7.75. The van der Waals surface area contributed by atoms with Gasteiger partial charge >= 0.3 is 0 Å². The minimum Gasteiger partial charge on any atom is -0.376 e. The molecule has 3 saturated heterocycles. The van der Waals surface area contributed by atoms with E-state index in [0.29, 0.717) is 19.6 Å². The second-order valence-corrected chi connectivity index (χ2v) is 11.4. The summed E-state index contributed by atoms with van der Waals surface area (Å²) in [6.07, 6.45) is 2.38. The Labute approximate surface area is 171 Å². The average molecular weight is 430 g/mol. The minimum atomic E-state index is -3.67. The average Bonchev–Trinajstić information content (AvgIpc) is 3.21. The van der Waals surface area contributed by atoms with Crippen molar-refractivity contribution in [3.8, 4) is 0 Å². The molecule has 0 aromatic heterocycles. The molecule has 10 heteroatoms. The Hall–Kier alpha value is -1.68. The van der Waals surface area contributed by atoms with Crippen LogP contribution in [0.3, 0.4) is 0 Å². The largest absolute Gasteiger partial charge is 0.376 e. The third-order valence-electron chi connectivity index (χ3n) is 6.55. The molecule has 9 nitrogen and oxygen atoms in total. The zero-order chi connectivity index (χ0) is 21.6. The van der Waals surface area contributed by atoms with Gasteiger partial charge in [0.05, 0.1) is 17.3 Å². The molecule has 0 aromatic rings. The van der Waals surface area contributed by atoms with E-state index in [2.05, 4.69) is 10.6 Å². The van der Waals surface area contributed by atoms with E-state index in [1.807, 2.05) is 13.8 Å². The number of fused-ring (bicyclic) bond motifs is 1. The van der Waals surface area contributed by atoms with Gasteiger partial charge in [-0.1, -0.05) is 20.3 Å². The molecular formula is C19H31N3O6S. The molecule has 3 aliphatic heterocycles. The summed E-state index contributed by atoms with van der Waals surface area (Å²) in [5.41, 5.74) is 0. The first-order chi connectivity index (χ1) is 13.5. The fourth-order valence-corrected chi connectivity index (χ4v) is 6.45. The molecular weight excluding hydrogens is 398 g/mol. The van der Waals surface area contributed by atoms with Crippen LogP contribution in [-0.2, 0) is 29.0 Å². The third kappa shape index (κ3) is 3.65. The predicted octanol–water partition coefficient (Wildman–Crippen LogP) is -0.0535. The van der Waals surface area contributed by atoms with Crippen LogP contribution in [-0.4, -0.2) is 72.5 Å². The molecule has 0 saturated carbocycles. The summed E-state index contributed by atoms with van der Waals surface area (Å²) >= 11 is 0. The fraction of sp³-hybridized carbons (Fsp3) is 0.842. The van der Waals surface area contributed by atoms with Crippen LogP contribution in [0.2, 0.25) is 0 Å². The van der Waals surface area contributed by atoms with E-state index in [1.54, 1.807) is 0 Å². The first-order valence-corrected chi connectivity index (χ1v) is 11.8.